The maximum Gasteiger partial charge on any atom is 0.156 e. The maximum absolute atomic E-state index is 6.07. The van der Waals surface area contributed by atoms with Crippen LogP contribution in [0.15, 0.2) is 59.7 Å². The zero-order chi connectivity index (χ0) is 12.1. The molecular formula is C14H13ClN2. The van der Waals surface area contributed by atoms with E-state index in [9.17, 15) is 0 Å². The number of halogens is 1. The van der Waals surface area contributed by atoms with Crippen LogP contribution < -0.4 is 5.43 Å². The van der Waals surface area contributed by atoms with Crippen molar-refractivity contribution < 1.29 is 0 Å². The zero-order valence-electron chi connectivity index (χ0n) is 9.52. The Kier molecular flexibility index (Phi) is 3.78. The molecule has 0 aliphatic rings. The fraction of sp³-hybridized carbons (Fsp3) is 0.0714. The molecule has 0 amide bonds. The van der Waals surface area contributed by atoms with Crippen molar-refractivity contribution >= 4 is 22.5 Å². The lowest BCUT2D eigenvalue weighted by atomic mass is 10.2. The molecule has 0 fully saturated rings. The van der Waals surface area contributed by atoms with Crippen molar-refractivity contribution in [2.75, 3.05) is 5.43 Å². The van der Waals surface area contributed by atoms with Gasteiger partial charge in [-0.15, -0.1) is 0 Å². The van der Waals surface area contributed by atoms with Gasteiger partial charge in [0.2, 0.25) is 0 Å². The molecule has 17 heavy (non-hydrogen) atoms. The third kappa shape index (κ3) is 3.33. The highest BCUT2D eigenvalue weighted by molar-refractivity contribution is 6.69. The van der Waals surface area contributed by atoms with E-state index in [1.54, 1.807) is 0 Å². The van der Waals surface area contributed by atoms with Gasteiger partial charge in [0.25, 0.3) is 0 Å². The molecule has 0 aliphatic carbocycles. The molecule has 0 saturated heterocycles. The Morgan fingerprint density at radius 2 is 1.65 bits per heavy atom. The minimum absolute atomic E-state index is 0.450. The van der Waals surface area contributed by atoms with Gasteiger partial charge in [0.15, 0.2) is 5.17 Å². The van der Waals surface area contributed by atoms with Crippen LogP contribution in [0, 0.1) is 6.92 Å². The van der Waals surface area contributed by atoms with Crippen molar-refractivity contribution in [3.8, 4) is 0 Å². The molecule has 2 aromatic rings. The molecule has 2 aromatic carbocycles. The fourth-order valence-electron chi connectivity index (χ4n) is 1.38. The van der Waals surface area contributed by atoms with E-state index in [1.165, 1.54) is 5.56 Å². The number of aryl methyl sites for hydroxylation is 1. The molecule has 0 radical (unpaired) electrons. The Morgan fingerprint density at radius 3 is 2.29 bits per heavy atom. The van der Waals surface area contributed by atoms with E-state index in [1.807, 2.05) is 61.5 Å². The highest BCUT2D eigenvalue weighted by Crippen LogP contribution is 2.10. The highest BCUT2D eigenvalue weighted by Gasteiger charge is 1.97. The van der Waals surface area contributed by atoms with E-state index in [2.05, 4.69) is 10.5 Å². The molecule has 0 heterocycles. The van der Waals surface area contributed by atoms with Gasteiger partial charge in [-0.2, -0.15) is 5.10 Å². The molecule has 2 nitrogen and oxygen atoms in total. The van der Waals surface area contributed by atoms with Crippen LogP contribution in [0.5, 0.6) is 0 Å². The number of hydrazone groups is 1. The predicted molar refractivity (Wildman–Crippen MR) is 73.6 cm³/mol. The van der Waals surface area contributed by atoms with E-state index in [0.717, 1.165) is 11.3 Å². The lowest BCUT2D eigenvalue weighted by Gasteiger charge is -2.02. The molecule has 0 aromatic heterocycles. The molecule has 3 heteroatoms. The summed E-state index contributed by atoms with van der Waals surface area (Å²) in [5.74, 6) is 0. The molecule has 1 N–H and O–H groups in total. The lowest BCUT2D eigenvalue weighted by molar-refractivity contribution is 1.33. The van der Waals surface area contributed by atoms with Crippen LogP contribution in [0.2, 0.25) is 0 Å². The SMILES string of the molecule is Cc1ccc(N/N=C(/Cl)c2ccccc2)cc1. The first-order chi connectivity index (χ1) is 8.25. The van der Waals surface area contributed by atoms with Crippen molar-refractivity contribution in [1.29, 1.82) is 0 Å². The third-order valence-corrected chi connectivity index (χ3v) is 2.65. The molecule has 0 saturated carbocycles. The van der Waals surface area contributed by atoms with Crippen LogP contribution in [0.4, 0.5) is 5.69 Å². The molecule has 0 spiro atoms. The normalized spacial score (nSPS) is 11.3. The van der Waals surface area contributed by atoms with Gasteiger partial charge in [-0.3, -0.25) is 5.43 Å². The smallest absolute Gasteiger partial charge is 0.156 e. The third-order valence-electron chi connectivity index (χ3n) is 2.35. The summed E-state index contributed by atoms with van der Waals surface area (Å²) >= 11 is 6.07. The van der Waals surface area contributed by atoms with Crippen LogP contribution >= 0.6 is 11.6 Å². The summed E-state index contributed by atoms with van der Waals surface area (Å²) in [6, 6.07) is 17.6. The molecular weight excluding hydrogens is 232 g/mol. The number of hydrogen-bond acceptors (Lipinski definition) is 2. The number of hydrogen-bond donors (Lipinski definition) is 1. The van der Waals surface area contributed by atoms with Gasteiger partial charge >= 0.3 is 0 Å². The number of nitrogens with one attached hydrogen (secondary N) is 1. The van der Waals surface area contributed by atoms with Gasteiger partial charge in [0.05, 0.1) is 5.69 Å². The average molecular weight is 245 g/mol. The Hall–Kier alpha value is -1.80. The maximum atomic E-state index is 6.07. The summed E-state index contributed by atoms with van der Waals surface area (Å²) in [6.45, 7) is 2.05. The minimum atomic E-state index is 0.450. The van der Waals surface area contributed by atoms with Gasteiger partial charge in [-0.25, -0.2) is 0 Å². The van der Waals surface area contributed by atoms with Gasteiger partial charge in [0.1, 0.15) is 0 Å². The quantitative estimate of drug-likeness (QED) is 0.640. The van der Waals surface area contributed by atoms with Crippen LogP contribution in [-0.2, 0) is 0 Å². The molecule has 0 atom stereocenters. The number of nitrogens with zero attached hydrogens (tertiary/aromatic N) is 1. The first-order valence-electron chi connectivity index (χ1n) is 5.37. The van der Waals surface area contributed by atoms with Crippen molar-refractivity contribution in [3.63, 3.8) is 0 Å². The second kappa shape index (κ2) is 5.51. The Balaban J connectivity index is 2.08. The van der Waals surface area contributed by atoms with E-state index < -0.39 is 0 Å². The second-order valence-corrected chi connectivity index (χ2v) is 4.10. The Morgan fingerprint density at radius 1 is 1.00 bits per heavy atom. The largest absolute Gasteiger partial charge is 0.277 e. The van der Waals surface area contributed by atoms with E-state index in [4.69, 9.17) is 11.6 Å². The number of anilines is 1. The average Bonchev–Trinajstić information content (AvgIpc) is 2.39. The van der Waals surface area contributed by atoms with Crippen LogP contribution in [0.1, 0.15) is 11.1 Å². The first kappa shape index (κ1) is 11.7. The van der Waals surface area contributed by atoms with E-state index >= 15 is 0 Å². The first-order valence-corrected chi connectivity index (χ1v) is 5.75. The summed E-state index contributed by atoms with van der Waals surface area (Å²) in [7, 11) is 0. The van der Waals surface area contributed by atoms with Crippen molar-refractivity contribution in [2.45, 2.75) is 6.92 Å². The van der Waals surface area contributed by atoms with Gasteiger partial charge in [-0.05, 0) is 19.1 Å². The number of benzene rings is 2. The summed E-state index contributed by atoms with van der Waals surface area (Å²) in [6.07, 6.45) is 0. The van der Waals surface area contributed by atoms with Crippen molar-refractivity contribution in [1.82, 2.24) is 0 Å². The van der Waals surface area contributed by atoms with Crippen molar-refractivity contribution in [3.05, 3.63) is 65.7 Å². The molecule has 2 rings (SSSR count). The summed E-state index contributed by atoms with van der Waals surface area (Å²) in [5, 5.41) is 4.58. The van der Waals surface area contributed by atoms with Crippen LogP contribution in [-0.4, -0.2) is 5.17 Å². The highest BCUT2D eigenvalue weighted by atomic mass is 35.5. The summed E-state index contributed by atoms with van der Waals surface area (Å²) < 4.78 is 0. The van der Waals surface area contributed by atoms with Gasteiger partial charge in [0, 0.05) is 5.56 Å². The Labute approximate surface area is 106 Å². The monoisotopic (exact) mass is 244 g/mol. The van der Waals surface area contributed by atoms with Gasteiger partial charge < -0.3 is 0 Å². The molecule has 0 bridgehead atoms. The molecule has 0 unspecified atom stereocenters. The van der Waals surface area contributed by atoms with Crippen molar-refractivity contribution in [2.24, 2.45) is 5.10 Å². The fourth-order valence-corrected chi connectivity index (χ4v) is 1.55. The molecule has 86 valence electrons. The standard InChI is InChI=1S/C14H13ClN2/c1-11-7-9-13(10-8-11)16-17-14(15)12-5-3-2-4-6-12/h2-10,16H,1H3/b17-14+. The molecule has 0 aliphatic heterocycles. The van der Waals surface area contributed by atoms with E-state index in [-0.39, 0.29) is 0 Å². The zero-order valence-corrected chi connectivity index (χ0v) is 10.3. The predicted octanol–water partition coefficient (Wildman–Crippen LogP) is 4.01. The van der Waals surface area contributed by atoms with Crippen LogP contribution in [0.25, 0.3) is 0 Å². The van der Waals surface area contributed by atoms with Gasteiger partial charge in [-0.1, -0.05) is 59.6 Å². The summed E-state index contributed by atoms with van der Waals surface area (Å²) in [5.41, 5.74) is 5.96. The lowest BCUT2D eigenvalue weighted by Crippen LogP contribution is -1.96. The Bertz CT molecular complexity index is 504. The minimum Gasteiger partial charge on any atom is -0.277 e. The topological polar surface area (TPSA) is 24.4 Å². The second-order valence-electron chi connectivity index (χ2n) is 3.75. The summed E-state index contributed by atoms with van der Waals surface area (Å²) in [4.78, 5) is 0. The van der Waals surface area contributed by atoms with Crippen LogP contribution in [0.3, 0.4) is 0 Å². The van der Waals surface area contributed by atoms with E-state index in [0.29, 0.717) is 5.17 Å². The number of rotatable bonds is 3.